The molecule has 1 aliphatic rings. The molecule has 7 nitrogen and oxygen atoms in total. The third-order valence-corrected chi connectivity index (χ3v) is 7.06. The van der Waals surface area contributed by atoms with E-state index in [4.69, 9.17) is 11.6 Å². The van der Waals surface area contributed by atoms with Crippen molar-refractivity contribution in [1.82, 2.24) is 18.6 Å². The second-order valence-electron chi connectivity index (χ2n) is 6.67. The number of halogens is 1. The molecule has 146 valence electrons. The minimum atomic E-state index is -3.60. The number of piperazine rings is 1. The van der Waals surface area contributed by atoms with E-state index in [0.29, 0.717) is 29.5 Å². The van der Waals surface area contributed by atoms with Crippen molar-refractivity contribution in [3.63, 3.8) is 0 Å². The Bertz CT molecular complexity index is 1130. The standard InChI is InChI=1S/C19H19ClN4O3S/c1-14-3-2-4-18-21-17(13-24(14)18)19(25)22-9-11-23(12-10-22)28(26,27)16-7-5-15(20)6-8-16/h2-8,13H,9-12H2,1H3. The number of aryl methyl sites for hydroxylation is 1. The Hall–Kier alpha value is -2.42. The van der Waals surface area contributed by atoms with E-state index in [1.165, 1.54) is 16.4 Å². The van der Waals surface area contributed by atoms with Crippen LogP contribution in [0.1, 0.15) is 16.2 Å². The van der Waals surface area contributed by atoms with Gasteiger partial charge in [0.2, 0.25) is 10.0 Å². The molecule has 0 radical (unpaired) electrons. The summed E-state index contributed by atoms with van der Waals surface area (Å²) in [5.41, 5.74) is 2.07. The number of imidazole rings is 1. The number of pyridine rings is 1. The molecule has 0 unspecified atom stereocenters. The minimum Gasteiger partial charge on any atom is -0.335 e. The molecule has 1 aliphatic heterocycles. The lowest BCUT2D eigenvalue weighted by molar-refractivity contribution is 0.0692. The molecule has 28 heavy (non-hydrogen) atoms. The van der Waals surface area contributed by atoms with Gasteiger partial charge in [-0.2, -0.15) is 4.31 Å². The number of sulfonamides is 1. The van der Waals surface area contributed by atoms with Crippen molar-refractivity contribution < 1.29 is 13.2 Å². The van der Waals surface area contributed by atoms with Crippen LogP contribution in [0.15, 0.2) is 53.6 Å². The molecule has 0 bridgehead atoms. The normalized spacial score (nSPS) is 15.9. The molecule has 1 aromatic carbocycles. The number of nitrogens with zero attached hydrogens (tertiary/aromatic N) is 4. The van der Waals surface area contributed by atoms with Crippen molar-refractivity contribution in [3.8, 4) is 0 Å². The Morgan fingerprint density at radius 3 is 2.36 bits per heavy atom. The SMILES string of the molecule is Cc1cccc2nc(C(=O)N3CCN(S(=O)(=O)c4ccc(Cl)cc4)CC3)cn12. The van der Waals surface area contributed by atoms with Crippen LogP contribution in [-0.2, 0) is 10.0 Å². The Kier molecular flexibility index (Phi) is 4.86. The van der Waals surface area contributed by atoms with Crippen molar-refractivity contribution in [2.24, 2.45) is 0 Å². The summed E-state index contributed by atoms with van der Waals surface area (Å²) in [5.74, 6) is -0.188. The summed E-state index contributed by atoms with van der Waals surface area (Å²) in [6, 6.07) is 11.8. The van der Waals surface area contributed by atoms with Gasteiger partial charge in [0.15, 0.2) is 0 Å². The third kappa shape index (κ3) is 3.39. The molecule has 0 atom stereocenters. The second-order valence-corrected chi connectivity index (χ2v) is 9.05. The molecule has 2 aromatic heterocycles. The number of fused-ring (bicyclic) bond motifs is 1. The first kappa shape index (κ1) is 18.9. The Morgan fingerprint density at radius 2 is 1.71 bits per heavy atom. The van der Waals surface area contributed by atoms with Crippen LogP contribution in [0.4, 0.5) is 0 Å². The molecular weight excluding hydrogens is 400 g/mol. The smallest absolute Gasteiger partial charge is 0.274 e. The topological polar surface area (TPSA) is 75.0 Å². The van der Waals surface area contributed by atoms with Gasteiger partial charge in [0.05, 0.1) is 4.90 Å². The van der Waals surface area contributed by atoms with E-state index >= 15 is 0 Å². The summed E-state index contributed by atoms with van der Waals surface area (Å²) in [6.45, 7) is 3.06. The van der Waals surface area contributed by atoms with Gasteiger partial charge >= 0.3 is 0 Å². The molecule has 1 saturated heterocycles. The number of hydrogen-bond donors (Lipinski definition) is 0. The minimum absolute atomic E-state index is 0.188. The first-order chi connectivity index (χ1) is 13.4. The van der Waals surface area contributed by atoms with E-state index in [-0.39, 0.29) is 23.9 Å². The van der Waals surface area contributed by atoms with Crippen LogP contribution in [0.25, 0.3) is 5.65 Å². The Morgan fingerprint density at radius 1 is 1.04 bits per heavy atom. The zero-order valence-electron chi connectivity index (χ0n) is 15.2. The zero-order valence-corrected chi connectivity index (χ0v) is 16.8. The Balaban J connectivity index is 1.48. The molecule has 3 aromatic rings. The predicted octanol–water partition coefficient (Wildman–Crippen LogP) is 2.44. The highest BCUT2D eigenvalue weighted by atomic mass is 35.5. The van der Waals surface area contributed by atoms with Crippen molar-refractivity contribution in [3.05, 3.63) is 65.1 Å². The third-order valence-electron chi connectivity index (χ3n) is 4.89. The number of amides is 1. The van der Waals surface area contributed by atoms with E-state index < -0.39 is 10.0 Å². The molecule has 0 N–H and O–H groups in total. The summed E-state index contributed by atoms with van der Waals surface area (Å²) in [4.78, 5) is 19.1. The van der Waals surface area contributed by atoms with Gasteiger partial charge in [-0.3, -0.25) is 4.79 Å². The summed E-state index contributed by atoms with van der Waals surface area (Å²) in [7, 11) is -3.60. The molecule has 0 saturated carbocycles. The molecule has 4 rings (SSSR count). The van der Waals surface area contributed by atoms with Gasteiger partial charge in [-0.1, -0.05) is 17.7 Å². The van der Waals surface area contributed by atoms with E-state index in [1.807, 2.05) is 29.5 Å². The maximum absolute atomic E-state index is 12.8. The quantitative estimate of drug-likeness (QED) is 0.654. The summed E-state index contributed by atoms with van der Waals surface area (Å²) < 4.78 is 28.8. The lowest BCUT2D eigenvalue weighted by atomic mass is 10.3. The van der Waals surface area contributed by atoms with Crippen LogP contribution in [0.3, 0.4) is 0 Å². The number of benzene rings is 1. The molecule has 0 aliphatic carbocycles. The molecule has 1 amide bonds. The van der Waals surface area contributed by atoms with E-state index in [0.717, 1.165) is 5.69 Å². The van der Waals surface area contributed by atoms with Crippen molar-refractivity contribution in [2.75, 3.05) is 26.2 Å². The summed E-state index contributed by atoms with van der Waals surface area (Å²) >= 11 is 5.84. The highest BCUT2D eigenvalue weighted by Gasteiger charge is 2.31. The lowest BCUT2D eigenvalue weighted by Crippen LogP contribution is -2.50. The zero-order chi connectivity index (χ0) is 19.9. The van der Waals surface area contributed by atoms with Gasteiger partial charge in [-0.15, -0.1) is 0 Å². The maximum Gasteiger partial charge on any atom is 0.274 e. The van der Waals surface area contributed by atoms with Crippen molar-refractivity contribution >= 4 is 33.2 Å². The van der Waals surface area contributed by atoms with Crippen molar-refractivity contribution in [1.29, 1.82) is 0 Å². The molecule has 1 fully saturated rings. The monoisotopic (exact) mass is 418 g/mol. The fourth-order valence-electron chi connectivity index (χ4n) is 3.30. The van der Waals surface area contributed by atoms with Crippen LogP contribution in [-0.4, -0.2) is 59.1 Å². The first-order valence-electron chi connectivity index (χ1n) is 8.86. The summed E-state index contributed by atoms with van der Waals surface area (Å²) in [6.07, 6.45) is 1.73. The lowest BCUT2D eigenvalue weighted by Gasteiger charge is -2.33. The van der Waals surface area contributed by atoms with Crippen LogP contribution < -0.4 is 0 Å². The molecule has 3 heterocycles. The second kappa shape index (κ2) is 7.20. The summed E-state index contributed by atoms with van der Waals surface area (Å²) in [5, 5.41) is 0.483. The average molecular weight is 419 g/mol. The molecular formula is C19H19ClN4O3S. The van der Waals surface area contributed by atoms with Gasteiger partial charge in [-0.05, 0) is 43.3 Å². The number of carbonyl (C=O) groups is 1. The Labute approximate surface area is 168 Å². The van der Waals surface area contributed by atoms with E-state index in [2.05, 4.69) is 4.98 Å². The van der Waals surface area contributed by atoms with Gasteiger partial charge in [0, 0.05) is 43.1 Å². The highest BCUT2D eigenvalue weighted by Crippen LogP contribution is 2.20. The molecule has 9 heteroatoms. The van der Waals surface area contributed by atoms with Crippen LogP contribution in [0.5, 0.6) is 0 Å². The van der Waals surface area contributed by atoms with E-state index in [1.54, 1.807) is 23.2 Å². The number of carbonyl (C=O) groups excluding carboxylic acids is 1. The van der Waals surface area contributed by atoms with E-state index in [9.17, 15) is 13.2 Å². The fraction of sp³-hybridized carbons (Fsp3) is 0.263. The average Bonchev–Trinajstić information content (AvgIpc) is 3.14. The highest BCUT2D eigenvalue weighted by molar-refractivity contribution is 7.89. The van der Waals surface area contributed by atoms with Gasteiger partial charge < -0.3 is 9.30 Å². The predicted molar refractivity (Wildman–Crippen MR) is 106 cm³/mol. The van der Waals surface area contributed by atoms with Crippen LogP contribution in [0.2, 0.25) is 5.02 Å². The first-order valence-corrected chi connectivity index (χ1v) is 10.7. The van der Waals surface area contributed by atoms with Crippen LogP contribution in [0, 0.1) is 6.92 Å². The van der Waals surface area contributed by atoms with Gasteiger partial charge in [0.25, 0.3) is 5.91 Å². The van der Waals surface area contributed by atoms with Gasteiger partial charge in [-0.25, -0.2) is 13.4 Å². The molecule has 0 spiro atoms. The van der Waals surface area contributed by atoms with Gasteiger partial charge in [0.1, 0.15) is 11.3 Å². The number of rotatable bonds is 3. The number of aromatic nitrogens is 2. The van der Waals surface area contributed by atoms with Crippen molar-refractivity contribution in [2.45, 2.75) is 11.8 Å². The van der Waals surface area contributed by atoms with Crippen LogP contribution >= 0.6 is 11.6 Å². The fourth-order valence-corrected chi connectivity index (χ4v) is 4.85. The maximum atomic E-state index is 12.8. The largest absolute Gasteiger partial charge is 0.335 e. The number of hydrogen-bond acceptors (Lipinski definition) is 4.